The van der Waals surface area contributed by atoms with Crippen molar-refractivity contribution in [1.82, 2.24) is 13.9 Å². The molecule has 1 aromatic rings. The van der Waals surface area contributed by atoms with Gasteiger partial charge in [-0.25, -0.2) is 13.4 Å². The summed E-state index contributed by atoms with van der Waals surface area (Å²) < 4.78 is 27.8. The Bertz CT molecular complexity index is 562. The number of hydrogen-bond donors (Lipinski definition) is 1. The molecule has 1 aromatic heterocycles. The van der Waals surface area contributed by atoms with Crippen molar-refractivity contribution in [3.8, 4) is 0 Å². The lowest BCUT2D eigenvalue weighted by Gasteiger charge is -2.19. The summed E-state index contributed by atoms with van der Waals surface area (Å²) in [6.45, 7) is 2.53. The quantitative estimate of drug-likeness (QED) is 0.789. The zero-order valence-electron chi connectivity index (χ0n) is 10.7. The average Bonchev–Trinajstić information content (AvgIpc) is 3.05. The Labute approximate surface area is 111 Å². The topological polar surface area (TPSA) is 92.5 Å². The Hall–Kier alpha value is -1.41. The molecule has 0 aromatic carbocycles. The van der Waals surface area contributed by atoms with Gasteiger partial charge >= 0.3 is 5.97 Å². The number of hydrogen-bond acceptors (Lipinski definition) is 4. The van der Waals surface area contributed by atoms with E-state index in [0.29, 0.717) is 6.54 Å². The van der Waals surface area contributed by atoms with Gasteiger partial charge in [0.2, 0.25) is 0 Å². The molecule has 1 N–H and O–H groups in total. The van der Waals surface area contributed by atoms with E-state index in [1.165, 1.54) is 16.8 Å². The molecular formula is C11H17N3O4S. The highest BCUT2D eigenvalue weighted by Gasteiger charge is 2.39. The smallest absolute Gasteiger partial charge is 0.304 e. The van der Waals surface area contributed by atoms with Gasteiger partial charge in [-0.2, -0.15) is 4.31 Å². The van der Waals surface area contributed by atoms with E-state index in [9.17, 15) is 13.2 Å². The van der Waals surface area contributed by atoms with Gasteiger partial charge in [0.25, 0.3) is 10.0 Å². The summed E-state index contributed by atoms with van der Waals surface area (Å²) in [7, 11) is -3.68. The number of nitrogens with zero attached hydrogens (tertiary/aromatic N) is 3. The molecule has 1 saturated carbocycles. The average molecular weight is 287 g/mol. The SMILES string of the molecule is CCn1cnc(S(=O)(=O)N(CCC(=O)O)C2CC2)c1. The number of imidazole rings is 1. The minimum absolute atomic E-state index is 0.00131. The summed E-state index contributed by atoms with van der Waals surface area (Å²) in [6, 6.07) is -0.0730. The summed E-state index contributed by atoms with van der Waals surface area (Å²) in [5.41, 5.74) is 0. The van der Waals surface area contributed by atoms with Crippen LogP contribution in [0.1, 0.15) is 26.2 Å². The van der Waals surface area contributed by atoms with Gasteiger partial charge < -0.3 is 9.67 Å². The Morgan fingerprint density at radius 3 is 2.74 bits per heavy atom. The largest absolute Gasteiger partial charge is 0.481 e. The minimum Gasteiger partial charge on any atom is -0.481 e. The molecule has 0 radical (unpaired) electrons. The summed E-state index contributed by atoms with van der Waals surface area (Å²) in [5, 5.41) is 8.69. The molecule has 0 spiro atoms. The number of aryl methyl sites for hydroxylation is 1. The lowest BCUT2D eigenvalue weighted by atomic mass is 10.4. The van der Waals surface area contributed by atoms with Crippen molar-refractivity contribution in [2.45, 2.75) is 43.8 Å². The highest BCUT2D eigenvalue weighted by Crippen LogP contribution is 2.31. The molecule has 1 aliphatic carbocycles. The summed E-state index contributed by atoms with van der Waals surface area (Å²) in [4.78, 5) is 14.5. The monoisotopic (exact) mass is 287 g/mol. The third-order valence-corrected chi connectivity index (χ3v) is 4.89. The van der Waals surface area contributed by atoms with Gasteiger partial charge in [0.05, 0.1) is 12.7 Å². The second kappa shape index (κ2) is 5.30. The highest BCUT2D eigenvalue weighted by molar-refractivity contribution is 7.89. The standard InChI is InChI=1S/C11H17N3O4S/c1-2-13-7-10(12-8-13)19(17,18)14(9-3-4-9)6-5-11(15)16/h7-9H,2-6H2,1H3,(H,15,16). The van der Waals surface area contributed by atoms with Crippen molar-refractivity contribution < 1.29 is 18.3 Å². The van der Waals surface area contributed by atoms with Gasteiger partial charge in [-0.1, -0.05) is 0 Å². The van der Waals surface area contributed by atoms with E-state index in [1.54, 1.807) is 4.57 Å². The Balaban J connectivity index is 2.21. The van der Waals surface area contributed by atoms with Gasteiger partial charge in [-0.05, 0) is 19.8 Å². The number of sulfonamides is 1. The van der Waals surface area contributed by atoms with Crippen molar-refractivity contribution in [2.24, 2.45) is 0 Å². The molecule has 1 fully saturated rings. The predicted octanol–water partition coefficient (Wildman–Crippen LogP) is 0.531. The van der Waals surface area contributed by atoms with E-state index in [4.69, 9.17) is 5.11 Å². The van der Waals surface area contributed by atoms with Gasteiger partial charge in [-0.3, -0.25) is 4.79 Å². The van der Waals surface area contributed by atoms with Crippen LogP contribution in [0, 0.1) is 0 Å². The van der Waals surface area contributed by atoms with E-state index in [1.807, 2.05) is 6.92 Å². The van der Waals surface area contributed by atoms with Crippen LogP contribution in [-0.2, 0) is 21.4 Å². The molecule has 0 bridgehead atoms. The van der Waals surface area contributed by atoms with Crippen LogP contribution in [0.4, 0.5) is 0 Å². The molecule has 0 saturated heterocycles. The predicted molar refractivity (Wildman–Crippen MR) is 67.1 cm³/mol. The molecule has 0 aliphatic heterocycles. The molecular weight excluding hydrogens is 270 g/mol. The van der Waals surface area contributed by atoms with Crippen molar-refractivity contribution in [2.75, 3.05) is 6.54 Å². The zero-order valence-corrected chi connectivity index (χ0v) is 11.5. The van der Waals surface area contributed by atoms with E-state index < -0.39 is 16.0 Å². The first kappa shape index (κ1) is 14.0. The maximum absolute atomic E-state index is 12.4. The Morgan fingerprint density at radius 1 is 1.58 bits per heavy atom. The minimum atomic E-state index is -3.68. The van der Waals surface area contributed by atoms with Crippen molar-refractivity contribution >= 4 is 16.0 Å². The van der Waals surface area contributed by atoms with Crippen molar-refractivity contribution in [3.05, 3.63) is 12.5 Å². The zero-order chi connectivity index (χ0) is 14.0. The second-order valence-electron chi connectivity index (χ2n) is 4.53. The normalized spacial score (nSPS) is 15.9. The molecule has 1 heterocycles. The maximum Gasteiger partial charge on any atom is 0.304 e. The number of carboxylic acids is 1. The Morgan fingerprint density at radius 2 is 2.26 bits per heavy atom. The number of carboxylic acid groups (broad SMARTS) is 1. The van der Waals surface area contributed by atoms with Crippen molar-refractivity contribution in [1.29, 1.82) is 0 Å². The fourth-order valence-corrected chi connectivity index (χ4v) is 3.46. The van der Waals surface area contributed by atoms with Crippen LogP contribution in [0.15, 0.2) is 17.6 Å². The van der Waals surface area contributed by atoms with Crippen molar-refractivity contribution in [3.63, 3.8) is 0 Å². The van der Waals surface area contributed by atoms with Crippen LogP contribution < -0.4 is 0 Å². The van der Waals surface area contributed by atoms with E-state index >= 15 is 0 Å². The number of aliphatic carboxylic acids is 1. The summed E-state index contributed by atoms with van der Waals surface area (Å²) in [6.07, 6.45) is 4.32. The Kier molecular flexibility index (Phi) is 3.91. The van der Waals surface area contributed by atoms with Crippen LogP contribution in [0.25, 0.3) is 0 Å². The second-order valence-corrected chi connectivity index (χ2v) is 6.37. The molecule has 1 aliphatic rings. The molecule has 2 rings (SSSR count). The molecule has 8 heteroatoms. The lowest BCUT2D eigenvalue weighted by molar-refractivity contribution is -0.137. The van der Waals surface area contributed by atoms with Gasteiger partial charge in [-0.15, -0.1) is 0 Å². The fraction of sp³-hybridized carbons (Fsp3) is 0.636. The third kappa shape index (κ3) is 3.13. The van der Waals surface area contributed by atoms with E-state index in [0.717, 1.165) is 12.8 Å². The number of carbonyl (C=O) groups is 1. The molecule has 0 unspecified atom stereocenters. The highest BCUT2D eigenvalue weighted by atomic mass is 32.2. The van der Waals surface area contributed by atoms with E-state index in [-0.39, 0.29) is 24.0 Å². The molecule has 0 atom stereocenters. The molecule has 7 nitrogen and oxygen atoms in total. The van der Waals surface area contributed by atoms with Gasteiger partial charge in [0.15, 0.2) is 5.03 Å². The third-order valence-electron chi connectivity index (χ3n) is 3.05. The van der Waals surface area contributed by atoms with Gasteiger partial charge in [0.1, 0.15) is 0 Å². The number of aromatic nitrogens is 2. The lowest BCUT2D eigenvalue weighted by Crippen LogP contribution is -2.35. The fourth-order valence-electron chi connectivity index (χ4n) is 1.83. The van der Waals surface area contributed by atoms with E-state index in [2.05, 4.69) is 4.98 Å². The maximum atomic E-state index is 12.4. The summed E-state index contributed by atoms with van der Waals surface area (Å²) >= 11 is 0. The van der Waals surface area contributed by atoms with Crippen LogP contribution in [0.5, 0.6) is 0 Å². The van der Waals surface area contributed by atoms with Gasteiger partial charge in [0, 0.05) is 25.3 Å². The van der Waals surface area contributed by atoms with Crippen LogP contribution in [0.3, 0.4) is 0 Å². The van der Waals surface area contributed by atoms with Crippen LogP contribution >= 0.6 is 0 Å². The molecule has 19 heavy (non-hydrogen) atoms. The number of rotatable bonds is 7. The molecule has 0 amide bonds. The first-order valence-electron chi connectivity index (χ1n) is 6.20. The molecule has 106 valence electrons. The van der Waals surface area contributed by atoms with Crippen LogP contribution in [-0.4, -0.2) is 45.9 Å². The first-order chi connectivity index (χ1) is 8.95. The summed E-state index contributed by atoms with van der Waals surface area (Å²) in [5.74, 6) is -1.00. The van der Waals surface area contributed by atoms with Crippen LogP contribution in [0.2, 0.25) is 0 Å². The first-order valence-corrected chi connectivity index (χ1v) is 7.64.